The first-order chi connectivity index (χ1) is 16.2. The van der Waals surface area contributed by atoms with Crippen molar-refractivity contribution >= 4 is 33.2 Å². The Morgan fingerprint density at radius 3 is 2.30 bits per heavy atom. The van der Waals surface area contributed by atoms with Crippen LogP contribution >= 0.6 is 0 Å². The third-order valence-corrected chi connectivity index (χ3v) is 6.78. The summed E-state index contributed by atoms with van der Waals surface area (Å²) in [5, 5.41) is 0. The smallest absolute Gasteiger partial charge is 0.160 e. The predicted octanol–water partition coefficient (Wildman–Crippen LogP) is 4.17. The van der Waals surface area contributed by atoms with Gasteiger partial charge in [0.1, 0.15) is 11.3 Å². The van der Waals surface area contributed by atoms with Gasteiger partial charge in [-0.25, -0.2) is 15.0 Å². The van der Waals surface area contributed by atoms with Crippen LogP contribution in [0.4, 0.5) is 0 Å². The number of aryl methyl sites for hydroxylation is 2. The van der Waals surface area contributed by atoms with E-state index in [4.69, 9.17) is 19.7 Å². The number of nitrogens with zero attached hydrogens (tertiary/aromatic N) is 6. The van der Waals surface area contributed by atoms with Gasteiger partial charge >= 0.3 is 0 Å². The lowest BCUT2D eigenvalue weighted by Crippen LogP contribution is -2.37. The van der Waals surface area contributed by atoms with Crippen molar-refractivity contribution in [3.8, 4) is 11.4 Å². The SMILES string of the molecule is Cc1c(-c2nc3ccccc3n2C)c2nc3ccccc3nc2n1CCCN1CCOCC1. The molecule has 1 aliphatic rings. The van der Waals surface area contributed by atoms with Gasteiger partial charge in [0.25, 0.3) is 0 Å². The number of rotatable bonds is 5. The van der Waals surface area contributed by atoms with E-state index in [0.717, 1.165) is 90.4 Å². The number of benzene rings is 2. The number of para-hydroxylation sites is 4. The first-order valence-corrected chi connectivity index (χ1v) is 11.7. The molecular weight excluding hydrogens is 412 g/mol. The van der Waals surface area contributed by atoms with Crippen molar-refractivity contribution in [1.82, 2.24) is 29.0 Å². The molecule has 0 atom stereocenters. The van der Waals surface area contributed by atoms with Crippen LogP contribution in [0.25, 0.3) is 44.6 Å². The fraction of sp³-hybridized carbons (Fsp3) is 0.346. The molecule has 0 amide bonds. The Labute approximate surface area is 192 Å². The van der Waals surface area contributed by atoms with Gasteiger partial charge in [0, 0.05) is 38.9 Å². The molecule has 33 heavy (non-hydrogen) atoms. The van der Waals surface area contributed by atoms with Gasteiger partial charge in [0.2, 0.25) is 0 Å². The van der Waals surface area contributed by atoms with Crippen molar-refractivity contribution in [1.29, 1.82) is 0 Å². The molecule has 0 aliphatic carbocycles. The topological polar surface area (TPSA) is 61.0 Å². The number of imidazole rings is 1. The van der Waals surface area contributed by atoms with E-state index in [1.54, 1.807) is 0 Å². The van der Waals surface area contributed by atoms with E-state index in [-0.39, 0.29) is 0 Å². The predicted molar refractivity (Wildman–Crippen MR) is 131 cm³/mol. The van der Waals surface area contributed by atoms with Crippen LogP contribution in [0.5, 0.6) is 0 Å². The van der Waals surface area contributed by atoms with Crippen LogP contribution in [-0.2, 0) is 18.3 Å². The highest BCUT2D eigenvalue weighted by atomic mass is 16.5. The fourth-order valence-corrected chi connectivity index (χ4v) is 5.00. The van der Waals surface area contributed by atoms with E-state index in [1.807, 2.05) is 30.3 Å². The lowest BCUT2D eigenvalue weighted by molar-refractivity contribution is 0.0369. The van der Waals surface area contributed by atoms with Crippen molar-refractivity contribution in [2.45, 2.75) is 19.9 Å². The van der Waals surface area contributed by atoms with Crippen molar-refractivity contribution in [3.63, 3.8) is 0 Å². The molecule has 1 fully saturated rings. The van der Waals surface area contributed by atoms with E-state index in [0.29, 0.717) is 0 Å². The summed E-state index contributed by atoms with van der Waals surface area (Å²) in [6, 6.07) is 16.4. The van der Waals surface area contributed by atoms with Crippen LogP contribution in [0.1, 0.15) is 12.1 Å². The number of hydrogen-bond donors (Lipinski definition) is 0. The molecule has 7 nitrogen and oxygen atoms in total. The molecule has 168 valence electrons. The minimum atomic E-state index is 0.833. The minimum Gasteiger partial charge on any atom is -0.379 e. The molecule has 6 rings (SSSR count). The maximum Gasteiger partial charge on any atom is 0.160 e. The highest BCUT2D eigenvalue weighted by molar-refractivity contribution is 5.97. The molecule has 4 heterocycles. The van der Waals surface area contributed by atoms with Crippen LogP contribution in [0.2, 0.25) is 0 Å². The molecular formula is C26H28N6O. The summed E-state index contributed by atoms with van der Waals surface area (Å²) in [6.07, 6.45) is 1.06. The monoisotopic (exact) mass is 440 g/mol. The van der Waals surface area contributed by atoms with E-state index in [1.165, 1.54) is 5.69 Å². The Morgan fingerprint density at radius 1 is 0.848 bits per heavy atom. The average Bonchev–Trinajstić information content (AvgIpc) is 3.31. The highest BCUT2D eigenvalue weighted by Crippen LogP contribution is 2.35. The van der Waals surface area contributed by atoms with Gasteiger partial charge in [-0.05, 0) is 37.6 Å². The summed E-state index contributed by atoms with van der Waals surface area (Å²) in [7, 11) is 2.08. The van der Waals surface area contributed by atoms with Crippen LogP contribution in [0.3, 0.4) is 0 Å². The van der Waals surface area contributed by atoms with Crippen LogP contribution in [0, 0.1) is 6.92 Å². The van der Waals surface area contributed by atoms with Crippen molar-refractivity contribution in [2.24, 2.45) is 7.05 Å². The summed E-state index contributed by atoms with van der Waals surface area (Å²) < 4.78 is 10.0. The van der Waals surface area contributed by atoms with Gasteiger partial charge in [-0.2, -0.15) is 0 Å². The third kappa shape index (κ3) is 3.48. The van der Waals surface area contributed by atoms with Crippen LogP contribution in [0.15, 0.2) is 48.5 Å². The third-order valence-electron chi connectivity index (χ3n) is 6.78. The summed E-state index contributed by atoms with van der Waals surface area (Å²) in [6.45, 7) is 7.83. The molecule has 1 aliphatic heterocycles. The highest BCUT2D eigenvalue weighted by Gasteiger charge is 2.23. The number of fused-ring (bicyclic) bond motifs is 3. The minimum absolute atomic E-state index is 0.833. The number of morpholine rings is 1. The maximum atomic E-state index is 5.50. The van der Waals surface area contributed by atoms with E-state index < -0.39 is 0 Å². The van der Waals surface area contributed by atoms with Gasteiger partial charge in [-0.1, -0.05) is 24.3 Å². The molecule has 0 bridgehead atoms. The summed E-state index contributed by atoms with van der Waals surface area (Å²) in [5.41, 5.74) is 8.06. The second-order valence-corrected chi connectivity index (χ2v) is 8.79. The first kappa shape index (κ1) is 20.3. The number of aromatic nitrogens is 5. The van der Waals surface area contributed by atoms with Gasteiger partial charge < -0.3 is 13.9 Å². The molecule has 0 radical (unpaired) electrons. The lowest BCUT2D eigenvalue weighted by Gasteiger charge is -2.26. The molecule has 2 aromatic carbocycles. The quantitative estimate of drug-likeness (QED) is 0.411. The van der Waals surface area contributed by atoms with Crippen molar-refractivity contribution in [3.05, 3.63) is 54.2 Å². The zero-order valence-corrected chi connectivity index (χ0v) is 19.2. The molecule has 3 aromatic heterocycles. The Kier molecular flexibility index (Phi) is 5.08. The Morgan fingerprint density at radius 2 is 1.55 bits per heavy atom. The summed E-state index contributed by atoms with van der Waals surface area (Å²) in [4.78, 5) is 17.6. The lowest BCUT2D eigenvalue weighted by atomic mass is 10.2. The molecule has 0 N–H and O–H groups in total. The fourth-order valence-electron chi connectivity index (χ4n) is 5.00. The van der Waals surface area contributed by atoms with Gasteiger partial charge in [0.15, 0.2) is 5.65 Å². The molecule has 5 aromatic rings. The van der Waals surface area contributed by atoms with Gasteiger partial charge in [-0.15, -0.1) is 0 Å². The molecule has 1 saturated heterocycles. The second-order valence-electron chi connectivity index (χ2n) is 8.79. The van der Waals surface area contributed by atoms with E-state index >= 15 is 0 Å². The summed E-state index contributed by atoms with van der Waals surface area (Å²) >= 11 is 0. The van der Waals surface area contributed by atoms with Crippen molar-refractivity contribution < 1.29 is 4.74 Å². The van der Waals surface area contributed by atoms with E-state index in [9.17, 15) is 0 Å². The van der Waals surface area contributed by atoms with E-state index in [2.05, 4.69) is 46.2 Å². The Bertz CT molecular complexity index is 1460. The van der Waals surface area contributed by atoms with Crippen LogP contribution < -0.4 is 0 Å². The largest absolute Gasteiger partial charge is 0.379 e. The zero-order valence-electron chi connectivity index (χ0n) is 19.2. The normalized spacial score (nSPS) is 15.2. The van der Waals surface area contributed by atoms with Gasteiger partial charge in [0.05, 0.1) is 40.8 Å². The standard InChI is InChI=1S/C26H28N6O/c1-18-23(25-29-21-10-5-6-11-22(21)30(25)2)24-26(28-20-9-4-3-8-19(20)27-24)32(18)13-7-12-31-14-16-33-17-15-31/h3-6,8-11H,7,12-17H2,1-2H3. The molecule has 0 saturated carbocycles. The molecule has 0 unspecified atom stereocenters. The average molecular weight is 441 g/mol. The zero-order chi connectivity index (χ0) is 22.4. The second kappa shape index (κ2) is 8.24. The number of ether oxygens (including phenoxy) is 1. The summed E-state index contributed by atoms with van der Waals surface area (Å²) in [5.74, 6) is 0.940. The molecule has 7 heteroatoms. The van der Waals surface area contributed by atoms with Gasteiger partial charge in [-0.3, -0.25) is 4.90 Å². The Balaban J connectivity index is 1.48. The first-order valence-electron chi connectivity index (χ1n) is 11.7. The molecule has 0 spiro atoms. The Hall–Kier alpha value is -3.29. The van der Waals surface area contributed by atoms with Crippen molar-refractivity contribution in [2.75, 3.05) is 32.8 Å². The van der Waals surface area contributed by atoms with Crippen LogP contribution in [-0.4, -0.2) is 61.8 Å². The maximum absolute atomic E-state index is 5.50. The number of hydrogen-bond acceptors (Lipinski definition) is 5.